The molecule has 1 unspecified atom stereocenters. The number of anilines is 2. The molecular weight excluding hydrogens is 268 g/mol. The van der Waals surface area contributed by atoms with Crippen LogP contribution in [-0.2, 0) is 4.79 Å². The minimum absolute atomic E-state index is 0.00255. The molecule has 0 aliphatic carbocycles. The SMILES string of the molecule is N#CCN(CC#N)c1cc2c(cc1Cl)C(O)C(=O)N2. The second kappa shape index (κ2) is 5.15. The number of amides is 1. The molecule has 0 fully saturated rings. The molecule has 0 aromatic heterocycles. The summed E-state index contributed by atoms with van der Waals surface area (Å²) < 4.78 is 0. The van der Waals surface area contributed by atoms with Crippen LogP contribution in [-0.4, -0.2) is 24.1 Å². The van der Waals surface area contributed by atoms with Crippen molar-refractivity contribution in [3.63, 3.8) is 0 Å². The number of hydrogen-bond donors (Lipinski definition) is 2. The number of carbonyl (C=O) groups excluding carboxylic acids is 1. The predicted octanol–water partition coefficient (Wildman–Crippen LogP) is 1.18. The average Bonchev–Trinajstić information content (AvgIpc) is 2.64. The van der Waals surface area contributed by atoms with Crippen LogP contribution in [0, 0.1) is 22.7 Å². The molecule has 6 nitrogen and oxygen atoms in total. The third-order valence-corrected chi connectivity index (χ3v) is 3.09. The first kappa shape index (κ1) is 13.2. The van der Waals surface area contributed by atoms with Crippen LogP contribution >= 0.6 is 11.6 Å². The van der Waals surface area contributed by atoms with Gasteiger partial charge in [-0.1, -0.05) is 11.6 Å². The van der Waals surface area contributed by atoms with Crippen molar-refractivity contribution in [1.82, 2.24) is 0 Å². The Morgan fingerprint density at radius 3 is 2.58 bits per heavy atom. The first-order chi connectivity index (χ1) is 9.08. The number of hydrogen-bond acceptors (Lipinski definition) is 5. The normalized spacial score (nSPS) is 16.2. The van der Waals surface area contributed by atoms with Gasteiger partial charge in [0.05, 0.1) is 22.8 Å². The molecule has 1 aliphatic rings. The average molecular weight is 277 g/mol. The Balaban J connectivity index is 2.44. The van der Waals surface area contributed by atoms with E-state index >= 15 is 0 Å². The molecule has 96 valence electrons. The van der Waals surface area contributed by atoms with E-state index in [0.717, 1.165) is 0 Å². The molecule has 1 aromatic carbocycles. The van der Waals surface area contributed by atoms with E-state index in [4.69, 9.17) is 22.1 Å². The fourth-order valence-electron chi connectivity index (χ4n) is 1.89. The smallest absolute Gasteiger partial charge is 0.257 e. The topological polar surface area (TPSA) is 100 Å². The van der Waals surface area contributed by atoms with Crippen molar-refractivity contribution in [3.8, 4) is 12.1 Å². The van der Waals surface area contributed by atoms with Gasteiger partial charge in [-0.25, -0.2) is 0 Å². The second-order valence-electron chi connectivity index (χ2n) is 3.95. The van der Waals surface area contributed by atoms with Gasteiger partial charge in [-0.3, -0.25) is 4.79 Å². The Morgan fingerprint density at radius 1 is 1.37 bits per heavy atom. The zero-order valence-corrected chi connectivity index (χ0v) is 10.5. The van der Waals surface area contributed by atoms with Crippen molar-refractivity contribution >= 4 is 28.9 Å². The van der Waals surface area contributed by atoms with Crippen molar-refractivity contribution in [2.75, 3.05) is 23.3 Å². The van der Waals surface area contributed by atoms with Gasteiger partial charge in [0.1, 0.15) is 13.1 Å². The highest BCUT2D eigenvalue weighted by molar-refractivity contribution is 6.33. The molecule has 1 aromatic rings. The van der Waals surface area contributed by atoms with E-state index in [1.165, 1.54) is 11.0 Å². The van der Waals surface area contributed by atoms with Crippen LogP contribution in [0.5, 0.6) is 0 Å². The Kier molecular flexibility index (Phi) is 3.57. The summed E-state index contributed by atoms with van der Waals surface area (Å²) >= 11 is 6.08. The van der Waals surface area contributed by atoms with Gasteiger partial charge in [0.2, 0.25) is 0 Å². The molecule has 7 heteroatoms. The van der Waals surface area contributed by atoms with E-state index < -0.39 is 12.0 Å². The summed E-state index contributed by atoms with van der Waals surface area (Å²) in [5, 5.41) is 29.9. The third kappa shape index (κ3) is 2.32. The maximum absolute atomic E-state index is 11.4. The Hall–Kier alpha value is -2.28. The number of benzene rings is 1. The predicted molar refractivity (Wildman–Crippen MR) is 68.5 cm³/mol. The number of aliphatic hydroxyl groups excluding tert-OH is 1. The van der Waals surface area contributed by atoms with E-state index in [1.807, 2.05) is 12.1 Å². The molecule has 1 atom stereocenters. The highest BCUT2D eigenvalue weighted by Gasteiger charge is 2.30. The zero-order valence-electron chi connectivity index (χ0n) is 9.72. The summed E-state index contributed by atoms with van der Waals surface area (Å²) in [7, 11) is 0. The minimum Gasteiger partial charge on any atom is -0.378 e. The van der Waals surface area contributed by atoms with Gasteiger partial charge in [-0.15, -0.1) is 0 Å². The van der Waals surface area contributed by atoms with Gasteiger partial charge in [0, 0.05) is 11.3 Å². The largest absolute Gasteiger partial charge is 0.378 e. The van der Waals surface area contributed by atoms with Crippen molar-refractivity contribution in [1.29, 1.82) is 10.5 Å². The number of aliphatic hydroxyl groups is 1. The fourth-order valence-corrected chi connectivity index (χ4v) is 2.18. The maximum Gasteiger partial charge on any atom is 0.257 e. The molecule has 0 radical (unpaired) electrons. The molecule has 0 saturated carbocycles. The van der Waals surface area contributed by atoms with Crippen LogP contribution in [0.15, 0.2) is 12.1 Å². The highest BCUT2D eigenvalue weighted by atomic mass is 35.5. The van der Waals surface area contributed by atoms with Gasteiger partial charge in [0.25, 0.3) is 5.91 Å². The summed E-state index contributed by atoms with van der Waals surface area (Å²) in [5.74, 6) is -0.518. The summed E-state index contributed by atoms with van der Waals surface area (Å²) in [6.45, 7) is 0.00509. The number of halogens is 1. The molecule has 2 N–H and O–H groups in total. The number of fused-ring (bicyclic) bond motifs is 1. The summed E-state index contributed by atoms with van der Waals surface area (Å²) in [6.07, 6.45) is -1.23. The first-order valence-corrected chi connectivity index (χ1v) is 5.77. The minimum atomic E-state index is -1.23. The van der Waals surface area contributed by atoms with Gasteiger partial charge in [-0.05, 0) is 12.1 Å². The van der Waals surface area contributed by atoms with Crippen LogP contribution in [0.25, 0.3) is 0 Å². The van der Waals surface area contributed by atoms with Gasteiger partial charge >= 0.3 is 0 Å². The number of nitrogens with one attached hydrogen (secondary N) is 1. The van der Waals surface area contributed by atoms with Crippen LogP contribution in [0.4, 0.5) is 11.4 Å². The molecule has 1 amide bonds. The van der Waals surface area contributed by atoms with Crippen LogP contribution < -0.4 is 10.2 Å². The lowest BCUT2D eigenvalue weighted by molar-refractivity contribution is -0.123. The Morgan fingerprint density at radius 2 is 2.00 bits per heavy atom. The Bertz CT molecular complexity index is 601. The van der Waals surface area contributed by atoms with E-state index in [0.29, 0.717) is 16.9 Å². The lowest BCUT2D eigenvalue weighted by Crippen LogP contribution is -2.24. The van der Waals surface area contributed by atoms with Crippen LogP contribution in [0.1, 0.15) is 11.7 Å². The van der Waals surface area contributed by atoms with Gasteiger partial charge < -0.3 is 15.3 Å². The molecule has 0 bridgehead atoms. The molecule has 2 rings (SSSR count). The number of carbonyl (C=O) groups is 1. The summed E-state index contributed by atoms with van der Waals surface area (Å²) in [6, 6.07) is 6.91. The second-order valence-corrected chi connectivity index (χ2v) is 4.36. The maximum atomic E-state index is 11.4. The van der Waals surface area contributed by atoms with E-state index in [9.17, 15) is 9.90 Å². The van der Waals surface area contributed by atoms with Crippen LogP contribution in [0.2, 0.25) is 5.02 Å². The van der Waals surface area contributed by atoms with Crippen molar-refractivity contribution in [3.05, 3.63) is 22.7 Å². The highest BCUT2D eigenvalue weighted by Crippen LogP contribution is 2.38. The summed E-state index contributed by atoms with van der Waals surface area (Å²) in [5.41, 5.74) is 1.31. The summed E-state index contributed by atoms with van der Waals surface area (Å²) in [4.78, 5) is 12.8. The third-order valence-electron chi connectivity index (χ3n) is 2.78. The van der Waals surface area contributed by atoms with Gasteiger partial charge in [0.15, 0.2) is 6.10 Å². The molecular formula is C12H9ClN4O2. The molecule has 1 heterocycles. The fraction of sp³-hybridized carbons (Fsp3) is 0.250. The van der Waals surface area contributed by atoms with Crippen molar-refractivity contribution in [2.24, 2.45) is 0 Å². The molecule has 0 spiro atoms. The standard InChI is InChI=1S/C12H9ClN4O2/c13-8-5-7-9(16-12(19)11(7)18)6-10(8)17(3-1-14)4-2-15/h5-6,11,18H,3-4H2,(H,16,19). The van der Waals surface area contributed by atoms with Crippen molar-refractivity contribution in [2.45, 2.75) is 6.10 Å². The van der Waals surface area contributed by atoms with E-state index in [2.05, 4.69) is 5.32 Å². The molecule has 0 saturated heterocycles. The number of rotatable bonds is 3. The molecule has 19 heavy (non-hydrogen) atoms. The lowest BCUT2D eigenvalue weighted by atomic mass is 10.1. The van der Waals surface area contributed by atoms with Crippen LogP contribution in [0.3, 0.4) is 0 Å². The monoisotopic (exact) mass is 276 g/mol. The van der Waals surface area contributed by atoms with Crippen molar-refractivity contribution < 1.29 is 9.90 Å². The zero-order chi connectivity index (χ0) is 14.0. The van der Waals surface area contributed by atoms with E-state index in [-0.39, 0.29) is 18.1 Å². The number of nitriles is 2. The first-order valence-electron chi connectivity index (χ1n) is 5.39. The number of nitrogens with zero attached hydrogens (tertiary/aromatic N) is 3. The lowest BCUT2D eigenvalue weighted by Gasteiger charge is -2.20. The molecule has 1 aliphatic heterocycles. The Labute approximate surface area is 114 Å². The van der Waals surface area contributed by atoms with E-state index in [1.54, 1.807) is 6.07 Å². The van der Waals surface area contributed by atoms with Gasteiger partial charge in [-0.2, -0.15) is 10.5 Å². The quantitative estimate of drug-likeness (QED) is 0.808.